The third kappa shape index (κ3) is 6.73. The second-order valence-electron chi connectivity index (χ2n) is 5.64. The van der Waals surface area contributed by atoms with Gasteiger partial charge in [0.1, 0.15) is 0 Å². The van der Waals surface area contributed by atoms with Crippen molar-refractivity contribution in [3.05, 3.63) is 0 Å². The number of hydrogen-bond donors (Lipinski definition) is 2. The maximum Gasteiger partial charge on any atom is 0.303 e. The van der Waals surface area contributed by atoms with E-state index in [0.717, 1.165) is 0 Å². The van der Waals surface area contributed by atoms with Crippen LogP contribution in [-0.4, -0.2) is 56.6 Å². The molecular weight excluding hydrogens is 296 g/mol. The summed E-state index contributed by atoms with van der Waals surface area (Å²) in [6.07, 6.45) is 1.35. The van der Waals surface area contributed by atoms with Crippen LogP contribution in [0.4, 0.5) is 0 Å². The molecule has 1 aliphatic heterocycles. The fourth-order valence-corrected chi connectivity index (χ4v) is 3.56. The first-order chi connectivity index (χ1) is 9.83. The van der Waals surface area contributed by atoms with Crippen LogP contribution in [0.15, 0.2) is 0 Å². The SMILES string of the molecule is CC(C)C(CCNS(=O)(=O)N1CCOCC1)CCC(=O)O. The summed E-state index contributed by atoms with van der Waals surface area (Å²) in [7, 11) is -3.45. The van der Waals surface area contributed by atoms with Gasteiger partial charge < -0.3 is 9.84 Å². The van der Waals surface area contributed by atoms with E-state index in [1.165, 1.54) is 4.31 Å². The Kier molecular flexibility index (Phi) is 7.58. The first-order valence-corrected chi connectivity index (χ1v) is 8.81. The highest BCUT2D eigenvalue weighted by atomic mass is 32.2. The number of nitrogens with zero attached hydrogens (tertiary/aromatic N) is 1. The van der Waals surface area contributed by atoms with Crippen LogP contribution in [0.2, 0.25) is 0 Å². The van der Waals surface area contributed by atoms with Gasteiger partial charge in [0.2, 0.25) is 0 Å². The molecular formula is C13H26N2O5S. The molecule has 0 aliphatic carbocycles. The topological polar surface area (TPSA) is 95.9 Å². The van der Waals surface area contributed by atoms with Crippen LogP contribution in [0.25, 0.3) is 0 Å². The average molecular weight is 322 g/mol. The highest BCUT2D eigenvalue weighted by molar-refractivity contribution is 7.87. The lowest BCUT2D eigenvalue weighted by atomic mass is 9.88. The van der Waals surface area contributed by atoms with E-state index in [4.69, 9.17) is 9.84 Å². The number of carboxylic acid groups (broad SMARTS) is 1. The van der Waals surface area contributed by atoms with E-state index < -0.39 is 16.2 Å². The van der Waals surface area contributed by atoms with Gasteiger partial charge in [-0.2, -0.15) is 12.7 Å². The van der Waals surface area contributed by atoms with E-state index in [0.29, 0.717) is 51.6 Å². The van der Waals surface area contributed by atoms with Crippen molar-refractivity contribution in [3.63, 3.8) is 0 Å². The molecule has 1 heterocycles. The second-order valence-corrected chi connectivity index (χ2v) is 7.39. The molecule has 21 heavy (non-hydrogen) atoms. The van der Waals surface area contributed by atoms with E-state index in [9.17, 15) is 13.2 Å². The molecule has 8 heteroatoms. The molecule has 1 aliphatic rings. The molecule has 0 spiro atoms. The molecule has 0 aromatic rings. The van der Waals surface area contributed by atoms with Crippen molar-refractivity contribution in [2.75, 3.05) is 32.8 Å². The van der Waals surface area contributed by atoms with Crippen molar-refractivity contribution in [2.45, 2.75) is 33.1 Å². The van der Waals surface area contributed by atoms with E-state index in [-0.39, 0.29) is 12.3 Å². The Bertz CT molecular complexity index is 418. The Labute approximate surface area is 126 Å². The minimum atomic E-state index is -3.45. The summed E-state index contributed by atoms with van der Waals surface area (Å²) in [5.74, 6) is -0.278. The molecule has 124 valence electrons. The molecule has 1 atom stereocenters. The van der Waals surface area contributed by atoms with Crippen LogP contribution in [0.5, 0.6) is 0 Å². The van der Waals surface area contributed by atoms with Crippen molar-refractivity contribution >= 4 is 16.2 Å². The Balaban J connectivity index is 2.39. The zero-order valence-electron chi connectivity index (χ0n) is 12.7. The fourth-order valence-electron chi connectivity index (χ4n) is 2.37. The summed E-state index contributed by atoms with van der Waals surface area (Å²) in [5.41, 5.74) is 0. The van der Waals surface area contributed by atoms with Gasteiger partial charge in [0.25, 0.3) is 10.2 Å². The Hall–Kier alpha value is -0.700. The molecule has 0 saturated carbocycles. The zero-order valence-corrected chi connectivity index (χ0v) is 13.6. The molecule has 1 fully saturated rings. The Morgan fingerprint density at radius 1 is 1.29 bits per heavy atom. The zero-order chi connectivity index (χ0) is 15.9. The lowest BCUT2D eigenvalue weighted by molar-refractivity contribution is -0.137. The maximum absolute atomic E-state index is 12.1. The molecule has 0 aromatic carbocycles. The second kappa shape index (κ2) is 8.67. The smallest absolute Gasteiger partial charge is 0.303 e. The third-order valence-corrected chi connectivity index (χ3v) is 5.40. The summed E-state index contributed by atoms with van der Waals surface area (Å²) >= 11 is 0. The van der Waals surface area contributed by atoms with Crippen molar-refractivity contribution in [3.8, 4) is 0 Å². The summed E-state index contributed by atoms with van der Waals surface area (Å²) in [6.45, 7) is 6.00. The van der Waals surface area contributed by atoms with Gasteiger partial charge in [0, 0.05) is 26.1 Å². The monoisotopic (exact) mass is 322 g/mol. The van der Waals surface area contributed by atoms with E-state index in [2.05, 4.69) is 4.72 Å². The van der Waals surface area contributed by atoms with Crippen LogP contribution >= 0.6 is 0 Å². The van der Waals surface area contributed by atoms with E-state index >= 15 is 0 Å². The van der Waals surface area contributed by atoms with E-state index in [1.807, 2.05) is 13.8 Å². The lowest BCUT2D eigenvalue weighted by Gasteiger charge is -2.27. The molecule has 2 N–H and O–H groups in total. The van der Waals surface area contributed by atoms with Gasteiger partial charge in [0.05, 0.1) is 13.2 Å². The quantitative estimate of drug-likeness (QED) is 0.651. The van der Waals surface area contributed by atoms with Crippen molar-refractivity contribution in [2.24, 2.45) is 11.8 Å². The minimum absolute atomic E-state index is 0.124. The number of morpholine rings is 1. The largest absolute Gasteiger partial charge is 0.481 e. The van der Waals surface area contributed by atoms with Gasteiger partial charge in [-0.3, -0.25) is 4.79 Å². The summed E-state index contributed by atoms with van der Waals surface area (Å²) < 4.78 is 33.3. The standard InChI is InChI=1S/C13H26N2O5S/c1-11(2)12(3-4-13(16)17)5-6-14-21(18,19)15-7-9-20-10-8-15/h11-12,14H,3-10H2,1-2H3,(H,16,17). The van der Waals surface area contributed by atoms with Crippen molar-refractivity contribution in [1.82, 2.24) is 9.03 Å². The molecule has 1 rings (SSSR count). The first kappa shape index (κ1) is 18.3. The van der Waals surface area contributed by atoms with Gasteiger partial charge >= 0.3 is 5.97 Å². The van der Waals surface area contributed by atoms with Gasteiger partial charge in [-0.1, -0.05) is 13.8 Å². The van der Waals surface area contributed by atoms with Crippen LogP contribution in [0, 0.1) is 11.8 Å². The molecule has 1 saturated heterocycles. The summed E-state index contributed by atoms with van der Waals surface area (Å²) in [6, 6.07) is 0. The molecule has 0 amide bonds. The lowest BCUT2D eigenvalue weighted by Crippen LogP contribution is -2.47. The summed E-state index contributed by atoms with van der Waals surface area (Å²) in [4.78, 5) is 10.6. The predicted molar refractivity (Wildman–Crippen MR) is 79.1 cm³/mol. The van der Waals surface area contributed by atoms with Gasteiger partial charge in [0.15, 0.2) is 0 Å². The molecule has 1 unspecified atom stereocenters. The average Bonchev–Trinajstić information content (AvgIpc) is 2.42. The van der Waals surface area contributed by atoms with E-state index in [1.54, 1.807) is 0 Å². The third-order valence-electron chi connectivity index (χ3n) is 3.78. The molecule has 0 bridgehead atoms. The molecule has 0 radical (unpaired) electrons. The first-order valence-electron chi connectivity index (χ1n) is 7.37. The van der Waals surface area contributed by atoms with Crippen molar-refractivity contribution in [1.29, 1.82) is 0 Å². The van der Waals surface area contributed by atoms with Gasteiger partial charge in [-0.15, -0.1) is 0 Å². The number of nitrogens with one attached hydrogen (secondary N) is 1. The number of carbonyl (C=O) groups is 1. The number of aliphatic carboxylic acids is 1. The highest BCUT2D eigenvalue weighted by Crippen LogP contribution is 2.20. The minimum Gasteiger partial charge on any atom is -0.481 e. The highest BCUT2D eigenvalue weighted by Gasteiger charge is 2.24. The number of carboxylic acids is 1. The summed E-state index contributed by atoms with van der Waals surface area (Å²) in [5, 5.41) is 8.74. The van der Waals surface area contributed by atoms with Gasteiger partial charge in [-0.25, -0.2) is 4.72 Å². The van der Waals surface area contributed by atoms with Crippen LogP contribution in [0.3, 0.4) is 0 Å². The normalized spacial score (nSPS) is 18.8. The van der Waals surface area contributed by atoms with Crippen LogP contribution in [-0.2, 0) is 19.7 Å². The maximum atomic E-state index is 12.1. The van der Waals surface area contributed by atoms with Crippen LogP contribution < -0.4 is 4.72 Å². The van der Waals surface area contributed by atoms with Crippen molar-refractivity contribution < 1.29 is 23.1 Å². The number of ether oxygens (including phenoxy) is 1. The molecule has 0 aromatic heterocycles. The molecule has 7 nitrogen and oxygen atoms in total. The number of hydrogen-bond acceptors (Lipinski definition) is 4. The van der Waals surface area contributed by atoms with Gasteiger partial charge in [-0.05, 0) is 24.7 Å². The van der Waals surface area contributed by atoms with Crippen LogP contribution in [0.1, 0.15) is 33.1 Å². The number of rotatable bonds is 9. The predicted octanol–water partition coefficient (Wildman–Crippen LogP) is 0.680. The Morgan fingerprint density at radius 3 is 2.43 bits per heavy atom. The fraction of sp³-hybridized carbons (Fsp3) is 0.923. The Morgan fingerprint density at radius 2 is 1.90 bits per heavy atom.